The summed E-state index contributed by atoms with van der Waals surface area (Å²) in [7, 11) is 0. The number of unbranched alkanes of at least 4 members (excludes halogenated alkanes) is 1. The third-order valence-electron chi connectivity index (χ3n) is 3.83. The van der Waals surface area contributed by atoms with Gasteiger partial charge < -0.3 is 14.2 Å². The van der Waals surface area contributed by atoms with Crippen molar-refractivity contribution in [3.05, 3.63) is 35.4 Å². The molecule has 1 rings (SSSR count). The first kappa shape index (κ1) is 20.0. The minimum absolute atomic E-state index is 0.123. The Morgan fingerprint density at radius 1 is 1.04 bits per heavy atom. The van der Waals surface area contributed by atoms with Crippen molar-refractivity contribution in [2.24, 2.45) is 5.92 Å². The maximum Gasteiger partial charge on any atom is 0.508 e. The molecule has 0 radical (unpaired) electrons. The molecule has 0 fully saturated rings. The maximum atomic E-state index is 12.2. The molecule has 5 heteroatoms. The summed E-state index contributed by atoms with van der Waals surface area (Å²) in [4.78, 5) is 23.3. The van der Waals surface area contributed by atoms with E-state index >= 15 is 0 Å². The number of aryl methyl sites for hydroxylation is 1. The van der Waals surface area contributed by atoms with Crippen LogP contribution in [0.15, 0.2) is 24.3 Å². The van der Waals surface area contributed by atoms with Crippen LogP contribution in [0.1, 0.15) is 56.5 Å². The number of ether oxygens (including phenoxy) is 3. The second-order valence-corrected chi connectivity index (χ2v) is 5.88. The molecule has 0 aliphatic rings. The molecule has 0 aromatic heterocycles. The molecule has 0 aliphatic carbocycles. The van der Waals surface area contributed by atoms with E-state index in [9.17, 15) is 9.59 Å². The molecule has 0 saturated carbocycles. The number of hydrogen-bond donors (Lipinski definition) is 0. The van der Waals surface area contributed by atoms with E-state index in [4.69, 9.17) is 14.2 Å². The minimum atomic E-state index is -0.703. The highest BCUT2D eigenvalue weighted by Gasteiger charge is 2.20. The number of rotatable bonds is 9. The fourth-order valence-electron chi connectivity index (χ4n) is 2.04. The van der Waals surface area contributed by atoms with Crippen LogP contribution in [0.4, 0.5) is 4.79 Å². The second kappa shape index (κ2) is 10.7. The summed E-state index contributed by atoms with van der Waals surface area (Å²) in [6.07, 6.45) is 2.23. The van der Waals surface area contributed by atoms with E-state index in [1.165, 1.54) is 5.56 Å². The van der Waals surface area contributed by atoms with Crippen molar-refractivity contribution in [2.45, 2.75) is 53.1 Å². The average Bonchev–Trinajstić information content (AvgIpc) is 2.58. The Kier molecular flexibility index (Phi) is 8.90. The predicted octanol–water partition coefficient (Wildman–Crippen LogP) is 4.38. The van der Waals surface area contributed by atoms with Gasteiger partial charge in [0.05, 0.1) is 12.2 Å². The van der Waals surface area contributed by atoms with Crippen molar-refractivity contribution in [1.29, 1.82) is 0 Å². The zero-order valence-electron chi connectivity index (χ0n) is 15.0. The van der Waals surface area contributed by atoms with Gasteiger partial charge in [0.2, 0.25) is 0 Å². The highest BCUT2D eigenvalue weighted by molar-refractivity contribution is 5.89. The second-order valence-electron chi connectivity index (χ2n) is 5.88. The first-order valence-corrected chi connectivity index (χ1v) is 8.57. The summed E-state index contributed by atoms with van der Waals surface area (Å²) >= 11 is 0. The standard InChI is InChI=1S/C19H28O5/c1-5-7-8-16-9-11-17(12-10-16)18(20)24-15(4)14(3)13-23-19(21)22-6-2/h9-12,14-15H,5-8,13H2,1-4H3. The molecule has 1 aromatic carbocycles. The highest BCUT2D eigenvalue weighted by atomic mass is 16.7. The van der Waals surface area contributed by atoms with Crippen LogP contribution in [0.2, 0.25) is 0 Å². The van der Waals surface area contributed by atoms with Crippen LogP contribution >= 0.6 is 0 Å². The number of carbonyl (C=O) groups excluding carboxylic acids is 2. The fraction of sp³-hybridized carbons (Fsp3) is 0.579. The number of esters is 1. The lowest BCUT2D eigenvalue weighted by molar-refractivity contribution is 0.00162. The van der Waals surface area contributed by atoms with Crippen LogP contribution in [0.25, 0.3) is 0 Å². The van der Waals surface area contributed by atoms with Gasteiger partial charge >= 0.3 is 12.1 Å². The molecule has 0 heterocycles. The quantitative estimate of drug-likeness (QED) is 0.626. The summed E-state index contributed by atoms with van der Waals surface area (Å²) < 4.78 is 15.1. The normalized spacial score (nSPS) is 13.0. The molecule has 0 amide bonds. The number of carbonyl (C=O) groups is 2. The van der Waals surface area contributed by atoms with Gasteiger partial charge in [-0.05, 0) is 44.4 Å². The van der Waals surface area contributed by atoms with E-state index in [0.29, 0.717) is 5.56 Å². The van der Waals surface area contributed by atoms with Crippen LogP contribution in [-0.4, -0.2) is 31.4 Å². The molecule has 0 N–H and O–H groups in total. The lowest BCUT2D eigenvalue weighted by atomic mass is 10.1. The van der Waals surface area contributed by atoms with E-state index in [1.807, 2.05) is 19.1 Å². The third-order valence-corrected chi connectivity index (χ3v) is 3.83. The molecule has 24 heavy (non-hydrogen) atoms. The zero-order valence-corrected chi connectivity index (χ0v) is 15.0. The van der Waals surface area contributed by atoms with E-state index in [2.05, 4.69) is 6.92 Å². The molecule has 0 saturated heterocycles. The van der Waals surface area contributed by atoms with Gasteiger partial charge in [-0.2, -0.15) is 0 Å². The van der Waals surface area contributed by atoms with E-state index < -0.39 is 6.16 Å². The summed E-state index contributed by atoms with van der Waals surface area (Å²) in [6.45, 7) is 7.91. The maximum absolute atomic E-state index is 12.2. The first-order chi connectivity index (χ1) is 11.5. The van der Waals surface area contributed by atoms with Crippen molar-refractivity contribution >= 4 is 12.1 Å². The van der Waals surface area contributed by atoms with Crippen molar-refractivity contribution in [3.8, 4) is 0 Å². The molecule has 0 spiro atoms. The first-order valence-electron chi connectivity index (χ1n) is 8.57. The largest absolute Gasteiger partial charge is 0.508 e. The monoisotopic (exact) mass is 336 g/mol. The highest BCUT2D eigenvalue weighted by Crippen LogP contribution is 2.13. The Balaban J connectivity index is 2.46. The SMILES string of the molecule is CCCCc1ccc(C(=O)OC(C)C(C)COC(=O)OCC)cc1. The molecule has 2 unspecified atom stereocenters. The lowest BCUT2D eigenvalue weighted by Gasteiger charge is -2.20. The Labute approximate surface area is 144 Å². The Hall–Kier alpha value is -2.04. The van der Waals surface area contributed by atoms with Gasteiger partial charge in [-0.15, -0.1) is 0 Å². The fourth-order valence-corrected chi connectivity index (χ4v) is 2.04. The van der Waals surface area contributed by atoms with Gasteiger partial charge in [0.1, 0.15) is 12.7 Å². The van der Waals surface area contributed by atoms with E-state index in [0.717, 1.165) is 19.3 Å². The van der Waals surface area contributed by atoms with Gasteiger partial charge in [-0.1, -0.05) is 32.4 Å². The summed E-state index contributed by atoms with van der Waals surface area (Å²) in [6, 6.07) is 7.51. The summed E-state index contributed by atoms with van der Waals surface area (Å²) in [5.74, 6) is -0.491. The molecule has 134 valence electrons. The van der Waals surface area contributed by atoms with E-state index in [-0.39, 0.29) is 31.2 Å². The molecule has 2 atom stereocenters. The van der Waals surface area contributed by atoms with Crippen LogP contribution in [0, 0.1) is 5.92 Å². The minimum Gasteiger partial charge on any atom is -0.459 e. The van der Waals surface area contributed by atoms with Gasteiger partial charge in [0.25, 0.3) is 0 Å². The van der Waals surface area contributed by atoms with Crippen LogP contribution in [0.3, 0.4) is 0 Å². The summed E-state index contributed by atoms with van der Waals surface area (Å²) in [5, 5.41) is 0. The number of hydrogen-bond acceptors (Lipinski definition) is 5. The van der Waals surface area contributed by atoms with Crippen LogP contribution in [-0.2, 0) is 20.6 Å². The van der Waals surface area contributed by atoms with E-state index in [1.54, 1.807) is 26.0 Å². The van der Waals surface area contributed by atoms with Crippen molar-refractivity contribution in [2.75, 3.05) is 13.2 Å². The molecule has 0 aliphatic heterocycles. The van der Waals surface area contributed by atoms with Crippen molar-refractivity contribution < 1.29 is 23.8 Å². The predicted molar refractivity (Wildman–Crippen MR) is 92.1 cm³/mol. The Morgan fingerprint density at radius 3 is 2.29 bits per heavy atom. The van der Waals surface area contributed by atoms with Gasteiger partial charge in [-0.25, -0.2) is 9.59 Å². The average molecular weight is 336 g/mol. The van der Waals surface area contributed by atoms with Gasteiger partial charge in [0.15, 0.2) is 0 Å². The zero-order chi connectivity index (χ0) is 17.9. The molecule has 5 nitrogen and oxygen atoms in total. The van der Waals surface area contributed by atoms with Gasteiger partial charge in [0, 0.05) is 5.92 Å². The summed E-state index contributed by atoms with van der Waals surface area (Å²) in [5.41, 5.74) is 1.75. The Morgan fingerprint density at radius 2 is 1.71 bits per heavy atom. The van der Waals surface area contributed by atoms with Crippen molar-refractivity contribution in [3.63, 3.8) is 0 Å². The lowest BCUT2D eigenvalue weighted by Crippen LogP contribution is -2.26. The van der Waals surface area contributed by atoms with Crippen molar-refractivity contribution in [1.82, 2.24) is 0 Å². The van der Waals surface area contributed by atoms with Crippen LogP contribution < -0.4 is 0 Å². The van der Waals surface area contributed by atoms with Gasteiger partial charge in [-0.3, -0.25) is 0 Å². The third kappa shape index (κ3) is 7.02. The molecule has 0 bridgehead atoms. The smallest absolute Gasteiger partial charge is 0.459 e. The topological polar surface area (TPSA) is 61.8 Å². The van der Waals surface area contributed by atoms with Crippen LogP contribution in [0.5, 0.6) is 0 Å². The molecular formula is C19H28O5. The Bertz CT molecular complexity index is 509. The number of benzene rings is 1. The molecular weight excluding hydrogens is 308 g/mol. The molecule has 1 aromatic rings.